The first kappa shape index (κ1) is 10.4. The van der Waals surface area contributed by atoms with Crippen molar-refractivity contribution in [2.75, 3.05) is 0 Å². The van der Waals surface area contributed by atoms with Gasteiger partial charge in [-0.3, -0.25) is 0 Å². The Morgan fingerprint density at radius 2 is 1.69 bits per heavy atom. The molecule has 0 heterocycles. The van der Waals surface area contributed by atoms with E-state index >= 15 is 0 Å². The molecule has 0 N–H and O–H groups in total. The third-order valence-electron chi connectivity index (χ3n) is 1.65. The molecule has 4 heteroatoms. The fourth-order valence-electron chi connectivity index (χ4n) is 0.953. The van der Waals surface area contributed by atoms with Crippen LogP contribution < -0.4 is 0 Å². The largest absolute Gasteiger partial charge is 0.400 e. The first-order valence-electron chi connectivity index (χ1n) is 3.79. The van der Waals surface area contributed by atoms with Crippen molar-refractivity contribution in [3.63, 3.8) is 0 Å². The van der Waals surface area contributed by atoms with Crippen molar-refractivity contribution in [3.05, 3.63) is 35.9 Å². The Morgan fingerprint density at radius 3 is 2.15 bits per heavy atom. The predicted octanol–water partition coefficient (Wildman–Crippen LogP) is 3.09. The zero-order chi connectivity index (χ0) is 9.90. The second-order valence-corrected chi connectivity index (χ2v) is 3.37. The van der Waals surface area contributed by atoms with Crippen molar-refractivity contribution in [1.82, 2.24) is 0 Å². The summed E-state index contributed by atoms with van der Waals surface area (Å²) in [4.78, 5) is 0. The maximum Gasteiger partial charge on any atom is 0.400 e. The molecule has 0 fully saturated rings. The Hall–Kier alpha value is -0.640. The lowest BCUT2D eigenvalue weighted by molar-refractivity contribution is -0.127. The summed E-state index contributed by atoms with van der Waals surface area (Å²) >= 11 is 3.50. The van der Waals surface area contributed by atoms with Gasteiger partial charge in [0.25, 0.3) is 0 Å². The van der Waals surface area contributed by atoms with E-state index in [-0.39, 0.29) is 6.42 Å². The maximum absolute atomic E-state index is 12.1. The van der Waals surface area contributed by atoms with Gasteiger partial charge in [-0.2, -0.15) is 25.8 Å². The Morgan fingerprint density at radius 1 is 1.15 bits per heavy atom. The molecular weight excluding hydrogens is 197 g/mol. The first-order chi connectivity index (χ1) is 6.00. The van der Waals surface area contributed by atoms with Gasteiger partial charge in [0.2, 0.25) is 0 Å². The highest BCUT2D eigenvalue weighted by Crippen LogP contribution is 2.27. The van der Waals surface area contributed by atoms with Crippen LogP contribution in [0.4, 0.5) is 13.2 Å². The van der Waals surface area contributed by atoms with E-state index in [1.807, 2.05) is 0 Å². The van der Waals surface area contributed by atoms with E-state index in [4.69, 9.17) is 0 Å². The summed E-state index contributed by atoms with van der Waals surface area (Å²) in [6.45, 7) is 0. The molecule has 0 amide bonds. The van der Waals surface area contributed by atoms with Crippen LogP contribution in [0, 0.1) is 0 Å². The number of benzene rings is 1. The van der Waals surface area contributed by atoms with Gasteiger partial charge in [-0.05, 0) is 12.0 Å². The molecular formula is C9H9F3S. The number of halogens is 3. The van der Waals surface area contributed by atoms with Crippen LogP contribution in [0.25, 0.3) is 0 Å². The number of thiol groups is 1. The van der Waals surface area contributed by atoms with Gasteiger partial charge >= 0.3 is 6.18 Å². The Labute approximate surface area is 80.2 Å². The molecule has 0 unspecified atom stereocenters. The minimum Gasteiger partial charge on any atom is -0.170 e. The van der Waals surface area contributed by atoms with Gasteiger partial charge in [0.1, 0.15) is 5.25 Å². The van der Waals surface area contributed by atoms with Crippen LogP contribution in [0.3, 0.4) is 0 Å². The molecule has 72 valence electrons. The van der Waals surface area contributed by atoms with Gasteiger partial charge in [0, 0.05) is 0 Å². The zero-order valence-corrected chi connectivity index (χ0v) is 7.65. The number of alkyl halides is 3. The van der Waals surface area contributed by atoms with Gasteiger partial charge in [0.05, 0.1) is 0 Å². The van der Waals surface area contributed by atoms with Gasteiger partial charge in [0.15, 0.2) is 0 Å². The Kier molecular flexibility index (Phi) is 3.25. The van der Waals surface area contributed by atoms with E-state index in [0.29, 0.717) is 5.56 Å². The van der Waals surface area contributed by atoms with Crippen molar-refractivity contribution >= 4 is 12.6 Å². The molecule has 0 saturated heterocycles. The van der Waals surface area contributed by atoms with E-state index in [1.54, 1.807) is 30.3 Å². The van der Waals surface area contributed by atoms with Gasteiger partial charge in [-0.1, -0.05) is 30.3 Å². The highest BCUT2D eigenvalue weighted by Gasteiger charge is 2.36. The monoisotopic (exact) mass is 206 g/mol. The molecule has 0 spiro atoms. The summed E-state index contributed by atoms with van der Waals surface area (Å²) in [6, 6.07) is 8.52. The van der Waals surface area contributed by atoms with Crippen molar-refractivity contribution in [1.29, 1.82) is 0 Å². The minimum atomic E-state index is -4.22. The van der Waals surface area contributed by atoms with E-state index in [2.05, 4.69) is 12.6 Å². The summed E-state index contributed by atoms with van der Waals surface area (Å²) in [5.74, 6) is 0. The van der Waals surface area contributed by atoms with Gasteiger partial charge in [-0.25, -0.2) is 0 Å². The van der Waals surface area contributed by atoms with Gasteiger partial charge < -0.3 is 0 Å². The lowest BCUT2D eigenvalue weighted by Gasteiger charge is -2.14. The molecule has 1 aromatic rings. The van der Waals surface area contributed by atoms with Crippen molar-refractivity contribution in [2.45, 2.75) is 17.8 Å². The molecule has 0 aromatic heterocycles. The summed E-state index contributed by atoms with van der Waals surface area (Å²) in [7, 11) is 0. The summed E-state index contributed by atoms with van der Waals surface area (Å²) < 4.78 is 36.2. The molecule has 1 rings (SSSR count). The zero-order valence-electron chi connectivity index (χ0n) is 6.75. The smallest absolute Gasteiger partial charge is 0.170 e. The van der Waals surface area contributed by atoms with Crippen LogP contribution in [-0.4, -0.2) is 11.4 Å². The highest BCUT2D eigenvalue weighted by molar-refractivity contribution is 7.81. The van der Waals surface area contributed by atoms with Crippen molar-refractivity contribution < 1.29 is 13.2 Å². The molecule has 0 aliphatic heterocycles. The fraction of sp³-hybridized carbons (Fsp3) is 0.333. The van der Waals surface area contributed by atoms with E-state index < -0.39 is 11.4 Å². The topological polar surface area (TPSA) is 0 Å². The highest BCUT2D eigenvalue weighted by atomic mass is 32.1. The number of hydrogen-bond donors (Lipinski definition) is 1. The summed E-state index contributed by atoms with van der Waals surface area (Å²) in [5, 5.41) is -1.57. The third kappa shape index (κ3) is 3.30. The SMILES string of the molecule is FC(F)(F)[C@H](S)Cc1ccccc1. The molecule has 1 atom stereocenters. The average Bonchev–Trinajstić information content (AvgIpc) is 2.04. The quantitative estimate of drug-likeness (QED) is 0.706. The number of hydrogen-bond acceptors (Lipinski definition) is 1. The van der Waals surface area contributed by atoms with Crippen molar-refractivity contribution in [3.8, 4) is 0 Å². The minimum absolute atomic E-state index is 0.0759. The second-order valence-electron chi connectivity index (χ2n) is 2.75. The molecule has 1 aromatic carbocycles. The second kappa shape index (κ2) is 4.05. The third-order valence-corrected chi connectivity index (χ3v) is 2.13. The number of rotatable bonds is 2. The normalized spacial score (nSPS) is 14.2. The molecule has 13 heavy (non-hydrogen) atoms. The van der Waals surface area contributed by atoms with Crippen LogP contribution >= 0.6 is 12.6 Å². The molecule has 0 radical (unpaired) electrons. The lowest BCUT2D eigenvalue weighted by atomic mass is 10.1. The Bertz CT molecular complexity index is 255. The van der Waals surface area contributed by atoms with Crippen LogP contribution in [0.2, 0.25) is 0 Å². The van der Waals surface area contributed by atoms with Crippen LogP contribution in [0.15, 0.2) is 30.3 Å². The van der Waals surface area contributed by atoms with Crippen LogP contribution in [-0.2, 0) is 6.42 Å². The standard InChI is InChI=1S/C9H9F3S/c10-9(11,12)8(13)6-7-4-2-1-3-5-7/h1-5,8,13H,6H2/t8-/m1/s1. The van der Waals surface area contributed by atoms with E-state index in [0.717, 1.165) is 0 Å². The summed E-state index contributed by atoms with van der Waals surface area (Å²) in [5.41, 5.74) is 0.653. The molecule has 0 saturated carbocycles. The molecule has 0 nitrogen and oxygen atoms in total. The summed E-state index contributed by atoms with van der Waals surface area (Å²) in [6.07, 6.45) is -4.30. The van der Waals surface area contributed by atoms with Gasteiger partial charge in [-0.15, -0.1) is 0 Å². The Balaban J connectivity index is 2.61. The fourth-order valence-corrected chi connectivity index (χ4v) is 1.16. The molecule has 0 aliphatic carbocycles. The maximum atomic E-state index is 12.1. The van der Waals surface area contributed by atoms with E-state index in [1.165, 1.54) is 0 Å². The first-order valence-corrected chi connectivity index (χ1v) is 4.30. The predicted molar refractivity (Wildman–Crippen MR) is 49.0 cm³/mol. The molecule has 0 aliphatic rings. The van der Waals surface area contributed by atoms with Crippen LogP contribution in [0.5, 0.6) is 0 Å². The van der Waals surface area contributed by atoms with Crippen molar-refractivity contribution in [2.24, 2.45) is 0 Å². The lowest BCUT2D eigenvalue weighted by Crippen LogP contribution is -2.25. The molecule has 0 bridgehead atoms. The van der Waals surface area contributed by atoms with E-state index in [9.17, 15) is 13.2 Å². The average molecular weight is 206 g/mol. The van der Waals surface area contributed by atoms with Crippen LogP contribution in [0.1, 0.15) is 5.56 Å².